The van der Waals surface area contributed by atoms with E-state index in [1.54, 1.807) is 0 Å². The number of nitrogens with two attached hydrogens (primary N) is 1. The van der Waals surface area contributed by atoms with Crippen molar-refractivity contribution in [3.63, 3.8) is 0 Å². The first-order valence-electron chi connectivity index (χ1n) is 5.65. The van der Waals surface area contributed by atoms with E-state index in [-0.39, 0.29) is 0 Å². The van der Waals surface area contributed by atoms with Crippen molar-refractivity contribution in [1.82, 2.24) is 4.90 Å². The van der Waals surface area contributed by atoms with Crippen molar-refractivity contribution in [2.24, 2.45) is 5.73 Å². The van der Waals surface area contributed by atoms with Crippen molar-refractivity contribution in [1.29, 1.82) is 0 Å². The summed E-state index contributed by atoms with van der Waals surface area (Å²) in [5.41, 5.74) is 7.03. The number of likely N-dealkylation sites (tertiary alicyclic amines) is 1. The minimum Gasteiger partial charge on any atom is -0.328 e. The monoisotopic (exact) mass is 206 g/mol. The zero-order chi connectivity index (χ0) is 11.1. The summed E-state index contributed by atoms with van der Waals surface area (Å²) in [6.07, 6.45) is 9.24. The molecule has 84 valence electrons. The second kappa shape index (κ2) is 6.59. The van der Waals surface area contributed by atoms with Crippen LogP contribution in [0.25, 0.3) is 0 Å². The number of hydrogen-bond donors (Lipinski definition) is 1. The Labute approximate surface area is 93.1 Å². The lowest BCUT2D eigenvalue weighted by Crippen LogP contribution is -2.40. The van der Waals surface area contributed by atoms with Gasteiger partial charge in [-0.3, -0.25) is 4.90 Å². The Hall–Kier alpha value is -0.860. The predicted molar refractivity (Wildman–Crippen MR) is 66.7 cm³/mol. The molecule has 0 saturated carbocycles. The minimum atomic E-state index is 0.408. The van der Waals surface area contributed by atoms with Crippen LogP contribution in [0.15, 0.2) is 37.0 Å². The molecule has 1 heterocycles. The highest BCUT2D eigenvalue weighted by molar-refractivity contribution is 5.16. The molecule has 1 aliphatic heterocycles. The Morgan fingerprint density at radius 3 is 2.67 bits per heavy atom. The van der Waals surface area contributed by atoms with Crippen LogP contribution in [0, 0.1) is 0 Å². The lowest BCUT2D eigenvalue weighted by Gasteiger charge is -2.30. The standard InChI is InChI=1S/C13H22N2/c1-3-4-5-6-12(2)11-15-9-7-13(14)8-10-15/h3,5-6,13H,1-2,4,7-11,14H2/b6-5-. The summed E-state index contributed by atoms with van der Waals surface area (Å²) in [6.45, 7) is 10.9. The van der Waals surface area contributed by atoms with Gasteiger partial charge in [-0.2, -0.15) is 0 Å². The largest absolute Gasteiger partial charge is 0.328 e. The van der Waals surface area contributed by atoms with E-state index in [9.17, 15) is 0 Å². The summed E-state index contributed by atoms with van der Waals surface area (Å²) in [6, 6.07) is 0.408. The average Bonchev–Trinajstić information content (AvgIpc) is 2.22. The molecular weight excluding hydrogens is 184 g/mol. The summed E-state index contributed by atoms with van der Waals surface area (Å²) in [5, 5.41) is 0. The number of piperidine rings is 1. The quantitative estimate of drug-likeness (QED) is 0.551. The molecule has 1 aliphatic rings. The minimum absolute atomic E-state index is 0.408. The van der Waals surface area contributed by atoms with Crippen LogP contribution in [0.1, 0.15) is 19.3 Å². The van der Waals surface area contributed by atoms with Crippen molar-refractivity contribution in [3.8, 4) is 0 Å². The Morgan fingerprint density at radius 2 is 2.07 bits per heavy atom. The summed E-state index contributed by atoms with van der Waals surface area (Å²) in [4.78, 5) is 2.42. The van der Waals surface area contributed by atoms with Crippen LogP contribution in [0.2, 0.25) is 0 Å². The fourth-order valence-electron chi connectivity index (χ4n) is 1.78. The summed E-state index contributed by atoms with van der Waals surface area (Å²) < 4.78 is 0. The lowest BCUT2D eigenvalue weighted by molar-refractivity contribution is 0.230. The van der Waals surface area contributed by atoms with E-state index in [0.29, 0.717) is 6.04 Å². The van der Waals surface area contributed by atoms with Crippen LogP contribution in [0.4, 0.5) is 0 Å². The molecule has 0 atom stereocenters. The molecular formula is C13H22N2. The van der Waals surface area contributed by atoms with E-state index in [4.69, 9.17) is 5.73 Å². The van der Waals surface area contributed by atoms with Gasteiger partial charge in [-0.15, -0.1) is 6.58 Å². The van der Waals surface area contributed by atoms with Gasteiger partial charge in [0.2, 0.25) is 0 Å². The lowest BCUT2D eigenvalue weighted by atomic mass is 10.1. The van der Waals surface area contributed by atoms with Gasteiger partial charge in [-0.05, 0) is 37.9 Å². The van der Waals surface area contributed by atoms with Gasteiger partial charge in [0.05, 0.1) is 0 Å². The van der Waals surface area contributed by atoms with E-state index < -0.39 is 0 Å². The third kappa shape index (κ3) is 4.96. The van der Waals surface area contributed by atoms with E-state index in [0.717, 1.165) is 38.9 Å². The highest BCUT2D eigenvalue weighted by atomic mass is 15.1. The average molecular weight is 206 g/mol. The topological polar surface area (TPSA) is 29.3 Å². The zero-order valence-corrected chi connectivity index (χ0v) is 9.49. The van der Waals surface area contributed by atoms with Gasteiger partial charge in [0.15, 0.2) is 0 Å². The van der Waals surface area contributed by atoms with Crippen LogP contribution in [0.3, 0.4) is 0 Å². The fourth-order valence-corrected chi connectivity index (χ4v) is 1.78. The molecule has 0 aromatic rings. The van der Waals surface area contributed by atoms with Crippen molar-refractivity contribution in [2.45, 2.75) is 25.3 Å². The maximum absolute atomic E-state index is 5.85. The summed E-state index contributed by atoms with van der Waals surface area (Å²) >= 11 is 0. The number of rotatable bonds is 5. The normalized spacial score (nSPS) is 19.5. The Morgan fingerprint density at radius 1 is 1.40 bits per heavy atom. The molecule has 2 N–H and O–H groups in total. The second-order valence-electron chi connectivity index (χ2n) is 4.20. The maximum atomic E-state index is 5.85. The van der Waals surface area contributed by atoms with Crippen LogP contribution in [0.5, 0.6) is 0 Å². The van der Waals surface area contributed by atoms with Crippen molar-refractivity contribution >= 4 is 0 Å². The van der Waals surface area contributed by atoms with Gasteiger partial charge in [0.25, 0.3) is 0 Å². The molecule has 2 nitrogen and oxygen atoms in total. The first kappa shape index (κ1) is 12.2. The molecule has 1 fully saturated rings. The van der Waals surface area contributed by atoms with Gasteiger partial charge in [-0.25, -0.2) is 0 Å². The molecule has 0 spiro atoms. The predicted octanol–water partition coefficient (Wildman–Crippen LogP) is 2.10. The molecule has 1 saturated heterocycles. The van der Waals surface area contributed by atoms with Crippen molar-refractivity contribution in [2.75, 3.05) is 19.6 Å². The zero-order valence-electron chi connectivity index (χ0n) is 9.49. The second-order valence-corrected chi connectivity index (χ2v) is 4.20. The van der Waals surface area contributed by atoms with Crippen molar-refractivity contribution < 1.29 is 0 Å². The molecule has 0 aliphatic carbocycles. The summed E-state index contributed by atoms with van der Waals surface area (Å²) in [5.74, 6) is 0. The van der Waals surface area contributed by atoms with E-state index in [1.807, 2.05) is 6.08 Å². The molecule has 0 amide bonds. The van der Waals surface area contributed by atoms with Gasteiger partial charge >= 0.3 is 0 Å². The Bertz CT molecular complexity index is 235. The molecule has 0 unspecified atom stereocenters. The van der Waals surface area contributed by atoms with Crippen LogP contribution >= 0.6 is 0 Å². The van der Waals surface area contributed by atoms with Gasteiger partial charge < -0.3 is 5.73 Å². The van der Waals surface area contributed by atoms with Crippen LogP contribution < -0.4 is 5.73 Å². The molecule has 0 aromatic heterocycles. The highest BCUT2D eigenvalue weighted by Gasteiger charge is 2.15. The Balaban J connectivity index is 2.23. The molecule has 1 rings (SSSR count). The first-order chi connectivity index (χ1) is 7.22. The van der Waals surface area contributed by atoms with Gasteiger partial charge in [-0.1, -0.05) is 24.8 Å². The number of hydrogen-bond acceptors (Lipinski definition) is 2. The molecule has 0 bridgehead atoms. The Kier molecular flexibility index (Phi) is 5.37. The molecule has 0 radical (unpaired) electrons. The smallest absolute Gasteiger partial charge is 0.0227 e. The van der Waals surface area contributed by atoms with Gasteiger partial charge in [0, 0.05) is 12.6 Å². The van der Waals surface area contributed by atoms with Gasteiger partial charge in [0.1, 0.15) is 0 Å². The van der Waals surface area contributed by atoms with Crippen LogP contribution in [-0.4, -0.2) is 30.6 Å². The fraction of sp³-hybridized carbons (Fsp3) is 0.538. The molecule has 15 heavy (non-hydrogen) atoms. The number of nitrogens with zero attached hydrogens (tertiary/aromatic N) is 1. The van der Waals surface area contributed by atoms with E-state index >= 15 is 0 Å². The van der Waals surface area contributed by atoms with Crippen molar-refractivity contribution in [3.05, 3.63) is 37.0 Å². The molecule has 2 heteroatoms. The third-order valence-corrected chi connectivity index (χ3v) is 2.72. The van der Waals surface area contributed by atoms with Crippen LogP contribution in [-0.2, 0) is 0 Å². The summed E-state index contributed by atoms with van der Waals surface area (Å²) in [7, 11) is 0. The molecule has 0 aromatic carbocycles. The third-order valence-electron chi connectivity index (χ3n) is 2.72. The first-order valence-corrected chi connectivity index (χ1v) is 5.65. The van der Waals surface area contributed by atoms with E-state index in [1.165, 1.54) is 5.57 Å². The highest BCUT2D eigenvalue weighted by Crippen LogP contribution is 2.10. The maximum Gasteiger partial charge on any atom is 0.0227 e. The number of allylic oxidation sites excluding steroid dienone is 2. The van der Waals surface area contributed by atoms with E-state index in [2.05, 4.69) is 30.2 Å². The SMILES string of the molecule is C=CC/C=C\C(=C)CN1CCC(N)CC1.